The van der Waals surface area contributed by atoms with Crippen LogP contribution >= 0.6 is 0 Å². The smallest absolute Gasteiger partial charge is 0.328 e. The van der Waals surface area contributed by atoms with Crippen molar-refractivity contribution in [3.63, 3.8) is 0 Å². The molecule has 0 aromatic heterocycles. The lowest BCUT2D eigenvalue weighted by Gasteiger charge is -2.14. The molecule has 18 heavy (non-hydrogen) atoms. The predicted octanol–water partition coefficient (Wildman–Crippen LogP) is -1.73. The highest BCUT2D eigenvalue weighted by Gasteiger charge is 2.26. The average molecular weight is 283 g/mol. The average Bonchev–Trinajstić information content (AvgIpc) is 2.19. The van der Waals surface area contributed by atoms with Crippen molar-refractivity contribution in [2.45, 2.75) is 17.9 Å². The summed E-state index contributed by atoms with van der Waals surface area (Å²) in [5, 5.41) is 26.4. The Hall–Kier alpha value is -1.49. The Kier molecular flexibility index (Phi) is 6.47. The molecule has 0 spiro atoms. The minimum atomic E-state index is -4.58. The molecule has 0 aromatic rings. The Morgan fingerprint density at radius 1 is 1.28 bits per heavy atom. The highest BCUT2D eigenvalue weighted by atomic mass is 32.2. The number of aliphatic carboxylic acids is 2. The van der Waals surface area contributed by atoms with Gasteiger partial charge >= 0.3 is 11.9 Å². The van der Waals surface area contributed by atoms with E-state index in [0.717, 1.165) is 6.08 Å². The van der Waals surface area contributed by atoms with E-state index in [2.05, 4.69) is 5.32 Å². The van der Waals surface area contributed by atoms with E-state index in [-0.39, 0.29) is 0 Å². The molecular weight excluding hydrogens is 270 g/mol. The molecule has 0 heterocycles. The van der Waals surface area contributed by atoms with Crippen LogP contribution in [0, 0.1) is 0 Å². The first-order valence-corrected chi connectivity index (χ1v) is 6.14. The maximum atomic E-state index is 10.8. The first-order valence-electron chi connectivity index (χ1n) is 4.63. The van der Waals surface area contributed by atoms with Gasteiger partial charge < -0.3 is 15.3 Å². The zero-order valence-electron chi connectivity index (χ0n) is 9.05. The summed E-state index contributed by atoms with van der Waals surface area (Å²) in [5.74, 6) is -2.75. The summed E-state index contributed by atoms with van der Waals surface area (Å²) in [6.07, 6.45) is -0.873. The molecule has 5 N–H and O–H groups in total. The van der Waals surface area contributed by atoms with Crippen molar-refractivity contribution in [3.8, 4) is 0 Å². The Labute approximate surface area is 102 Å². The second kappa shape index (κ2) is 7.06. The van der Waals surface area contributed by atoms with Gasteiger partial charge in [0.2, 0.25) is 0 Å². The Bertz CT molecular complexity index is 428. The first kappa shape index (κ1) is 16.5. The third kappa shape index (κ3) is 7.73. The van der Waals surface area contributed by atoms with Crippen molar-refractivity contribution < 1.29 is 37.9 Å². The Balaban J connectivity index is 4.44. The van der Waals surface area contributed by atoms with Gasteiger partial charge in [-0.3, -0.25) is 14.7 Å². The van der Waals surface area contributed by atoms with E-state index in [9.17, 15) is 18.0 Å². The molecule has 0 aliphatic heterocycles. The number of nitrogens with one attached hydrogen (secondary N) is 1. The summed E-state index contributed by atoms with van der Waals surface area (Å²) < 4.78 is 30.3. The van der Waals surface area contributed by atoms with Gasteiger partial charge in [0, 0.05) is 12.6 Å². The van der Waals surface area contributed by atoms with Crippen LogP contribution in [0.5, 0.6) is 0 Å². The maximum absolute atomic E-state index is 10.8. The number of carbonyl (C=O) groups is 2. The van der Waals surface area contributed by atoms with Gasteiger partial charge in [-0.25, -0.2) is 4.79 Å². The summed E-state index contributed by atoms with van der Waals surface area (Å²) in [6, 6.07) is 0. The monoisotopic (exact) mass is 283 g/mol. The van der Waals surface area contributed by atoms with Crippen LogP contribution < -0.4 is 5.32 Å². The van der Waals surface area contributed by atoms with Crippen LogP contribution in [0.4, 0.5) is 0 Å². The Morgan fingerprint density at radius 2 is 1.83 bits per heavy atom. The van der Waals surface area contributed by atoms with E-state index in [1.807, 2.05) is 0 Å². The number of aliphatic hydroxyl groups excluding tert-OH is 1. The van der Waals surface area contributed by atoms with Crippen LogP contribution in [0.2, 0.25) is 0 Å². The third-order valence-corrected chi connectivity index (χ3v) is 2.98. The molecule has 0 aliphatic carbocycles. The van der Waals surface area contributed by atoms with E-state index in [1.54, 1.807) is 0 Å². The molecule has 9 nitrogen and oxygen atoms in total. The lowest BCUT2D eigenvalue weighted by Crippen LogP contribution is -2.39. The van der Waals surface area contributed by atoms with Gasteiger partial charge in [0.05, 0.1) is 6.42 Å². The fraction of sp³-hybridized carbons (Fsp3) is 0.500. The molecule has 0 bridgehead atoms. The van der Waals surface area contributed by atoms with E-state index in [1.165, 1.54) is 0 Å². The van der Waals surface area contributed by atoms with Crippen LogP contribution in [0.25, 0.3) is 0 Å². The molecular formula is C8H13NO8S. The molecule has 0 saturated carbocycles. The van der Waals surface area contributed by atoms with Crippen molar-refractivity contribution >= 4 is 22.1 Å². The fourth-order valence-corrected chi connectivity index (χ4v) is 1.63. The minimum Gasteiger partial charge on any atom is -0.481 e. The molecule has 2 unspecified atom stereocenters. The number of carboxylic acid groups (broad SMARTS) is 2. The second-order valence-electron chi connectivity index (χ2n) is 3.29. The SMILES string of the molecule is O=C(O)/C=C\C(O)NCC(CC(=O)O)S(=O)(=O)O. The molecule has 0 aromatic carbocycles. The third-order valence-electron chi connectivity index (χ3n) is 1.80. The number of rotatable bonds is 8. The van der Waals surface area contributed by atoms with Crippen molar-refractivity contribution in [2.75, 3.05) is 6.54 Å². The highest BCUT2D eigenvalue weighted by molar-refractivity contribution is 7.86. The van der Waals surface area contributed by atoms with E-state index >= 15 is 0 Å². The van der Waals surface area contributed by atoms with E-state index in [0.29, 0.717) is 6.08 Å². The molecule has 0 rings (SSSR count). The van der Waals surface area contributed by atoms with Gasteiger partial charge in [-0.1, -0.05) is 0 Å². The van der Waals surface area contributed by atoms with E-state index in [4.69, 9.17) is 19.9 Å². The summed E-state index contributed by atoms with van der Waals surface area (Å²) in [6.45, 7) is -0.545. The zero-order valence-corrected chi connectivity index (χ0v) is 9.87. The Morgan fingerprint density at radius 3 is 2.22 bits per heavy atom. The molecule has 0 radical (unpaired) electrons. The molecule has 104 valence electrons. The van der Waals surface area contributed by atoms with E-state index < -0.39 is 46.5 Å². The molecule has 2 atom stereocenters. The topological polar surface area (TPSA) is 161 Å². The summed E-state index contributed by atoms with van der Waals surface area (Å²) >= 11 is 0. The number of carboxylic acids is 2. The van der Waals surface area contributed by atoms with Gasteiger partial charge in [0.1, 0.15) is 11.5 Å². The second-order valence-corrected chi connectivity index (χ2v) is 4.98. The normalized spacial score (nSPS) is 15.4. The zero-order chi connectivity index (χ0) is 14.3. The van der Waals surface area contributed by atoms with Crippen LogP contribution in [-0.2, 0) is 19.7 Å². The molecule has 0 amide bonds. The van der Waals surface area contributed by atoms with Gasteiger partial charge in [-0.05, 0) is 6.08 Å². The molecule has 0 fully saturated rings. The minimum absolute atomic E-state index is 0.545. The molecule has 10 heteroatoms. The lowest BCUT2D eigenvalue weighted by molar-refractivity contribution is -0.137. The van der Waals surface area contributed by atoms with Gasteiger partial charge in [-0.2, -0.15) is 8.42 Å². The standard InChI is InChI=1S/C8H13NO8S/c10-6(1-2-7(11)12)9-4-5(3-8(13)14)18(15,16)17/h1-2,5-6,9-10H,3-4H2,(H,11,12)(H,13,14)(H,15,16,17)/b2-1-. The number of hydrogen-bond acceptors (Lipinski definition) is 6. The van der Waals surface area contributed by atoms with Crippen molar-refractivity contribution in [2.24, 2.45) is 0 Å². The lowest BCUT2D eigenvalue weighted by atomic mass is 10.3. The van der Waals surface area contributed by atoms with Crippen molar-refractivity contribution in [1.82, 2.24) is 5.32 Å². The van der Waals surface area contributed by atoms with Gasteiger partial charge in [0.15, 0.2) is 0 Å². The van der Waals surface area contributed by atoms with Crippen LogP contribution in [0.3, 0.4) is 0 Å². The fourth-order valence-electron chi connectivity index (χ4n) is 0.971. The van der Waals surface area contributed by atoms with Crippen molar-refractivity contribution in [1.29, 1.82) is 0 Å². The predicted molar refractivity (Wildman–Crippen MR) is 58.4 cm³/mol. The van der Waals surface area contributed by atoms with Crippen LogP contribution in [0.15, 0.2) is 12.2 Å². The number of hydrogen-bond donors (Lipinski definition) is 5. The quantitative estimate of drug-likeness (QED) is 0.198. The largest absolute Gasteiger partial charge is 0.481 e. The highest BCUT2D eigenvalue weighted by Crippen LogP contribution is 2.03. The van der Waals surface area contributed by atoms with Gasteiger partial charge in [-0.15, -0.1) is 0 Å². The number of aliphatic hydroxyl groups is 1. The summed E-state index contributed by atoms with van der Waals surface area (Å²) in [5.41, 5.74) is 0. The van der Waals surface area contributed by atoms with Gasteiger partial charge in [0.25, 0.3) is 10.1 Å². The molecule has 0 aliphatic rings. The summed E-state index contributed by atoms with van der Waals surface area (Å²) in [4.78, 5) is 20.5. The summed E-state index contributed by atoms with van der Waals surface area (Å²) in [7, 11) is -4.58. The maximum Gasteiger partial charge on any atom is 0.328 e. The van der Waals surface area contributed by atoms with Crippen LogP contribution in [-0.4, -0.2) is 58.3 Å². The van der Waals surface area contributed by atoms with Crippen LogP contribution in [0.1, 0.15) is 6.42 Å². The molecule has 0 saturated heterocycles. The first-order chi connectivity index (χ1) is 8.12. The van der Waals surface area contributed by atoms with Crippen molar-refractivity contribution in [3.05, 3.63) is 12.2 Å².